The Balaban J connectivity index is 4.29. The van der Waals surface area contributed by atoms with E-state index < -0.39 is 27.5 Å². The smallest absolute Gasteiger partial charge is 0.304 e. The van der Waals surface area contributed by atoms with Gasteiger partial charge in [0, 0.05) is 13.5 Å². The summed E-state index contributed by atoms with van der Waals surface area (Å²) < 4.78 is 22.9. The van der Waals surface area contributed by atoms with Crippen LogP contribution in [0.4, 0.5) is 0 Å². The number of sulfone groups is 1. The Morgan fingerprint density at radius 3 is 2.33 bits per heavy atom. The average Bonchev–Trinajstić information content (AvgIpc) is 2.13. The first-order valence-corrected chi connectivity index (χ1v) is 6.15. The van der Waals surface area contributed by atoms with Gasteiger partial charge in [0.15, 0.2) is 9.84 Å². The van der Waals surface area contributed by atoms with E-state index in [2.05, 4.69) is 5.32 Å². The molecule has 15 heavy (non-hydrogen) atoms. The van der Waals surface area contributed by atoms with Crippen LogP contribution in [0.1, 0.15) is 19.8 Å². The molecule has 0 aliphatic heterocycles. The van der Waals surface area contributed by atoms with E-state index in [1.165, 1.54) is 14.0 Å². The van der Waals surface area contributed by atoms with Crippen LogP contribution in [-0.2, 0) is 19.4 Å². The lowest BCUT2D eigenvalue weighted by Gasteiger charge is -2.09. The van der Waals surface area contributed by atoms with Gasteiger partial charge in [0.2, 0.25) is 5.91 Å². The van der Waals surface area contributed by atoms with Gasteiger partial charge in [0.1, 0.15) is 0 Å². The SMILES string of the molecule is CNC(=O)CCS(=O)(=O)C(C)CC(=O)O. The lowest BCUT2D eigenvalue weighted by molar-refractivity contribution is -0.136. The molecule has 6 nitrogen and oxygen atoms in total. The third-order valence-corrected chi connectivity index (χ3v) is 4.13. The number of carboxylic acid groups (broad SMARTS) is 1. The minimum absolute atomic E-state index is 0.136. The third kappa shape index (κ3) is 5.36. The van der Waals surface area contributed by atoms with Crippen LogP contribution in [-0.4, -0.2) is 43.5 Å². The van der Waals surface area contributed by atoms with Crippen LogP contribution >= 0.6 is 0 Å². The molecule has 0 saturated heterocycles. The number of aliphatic carboxylic acids is 1. The van der Waals surface area contributed by atoms with Crippen molar-refractivity contribution in [3.8, 4) is 0 Å². The van der Waals surface area contributed by atoms with Gasteiger partial charge in [-0.05, 0) is 6.92 Å². The predicted molar refractivity (Wildman–Crippen MR) is 54.2 cm³/mol. The molecule has 7 heteroatoms. The molecule has 0 spiro atoms. The number of amides is 1. The summed E-state index contributed by atoms with van der Waals surface area (Å²) in [5.41, 5.74) is 0. The highest BCUT2D eigenvalue weighted by molar-refractivity contribution is 7.92. The molecule has 1 amide bonds. The fourth-order valence-corrected chi connectivity index (χ4v) is 2.20. The molecule has 0 saturated carbocycles. The predicted octanol–water partition coefficient (Wildman–Crippen LogP) is -0.599. The second kappa shape index (κ2) is 5.69. The molecule has 1 atom stereocenters. The van der Waals surface area contributed by atoms with E-state index in [-0.39, 0.29) is 18.1 Å². The van der Waals surface area contributed by atoms with Crippen molar-refractivity contribution in [3.63, 3.8) is 0 Å². The van der Waals surface area contributed by atoms with Gasteiger partial charge in [-0.3, -0.25) is 9.59 Å². The maximum Gasteiger partial charge on any atom is 0.304 e. The summed E-state index contributed by atoms with van der Waals surface area (Å²) in [4.78, 5) is 21.1. The zero-order chi connectivity index (χ0) is 12.1. The van der Waals surface area contributed by atoms with Crippen LogP contribution in [0.2, 0.25) is 0 Å². The van der Waals surface area contributed by atoms with E-state index in [1.807, 2.05) is 0 Å². The van der Waals surface area contributed by atoms with Crippen molar-refractivity contribution >= 4 is 21.7 Å². The summed E-state index contributed by atoms with van der Waals surface area (Å²) in [6.07, 6.45) is -0.571. The summed E-state index contributed by atoms with van der Waals surface area (Å²) >= 11 is 0. The lowest BCUT2D eigenvalue weighted by Crippen LogP contribution is -2.27. The van der Waals surface area contributed by atoms with Crippen molar-refractivity contribution < 1.29 is 23.1 Å². The standard InChI is InChI=1S/C8H15NO5S/c1-6(5-8(11)12)15(13,14)4-3-7(10)9-2/h6H,3-5H2,1-2H3,(H,9,10)(H,11,12). The molecule has 0 rings (SSSR count). The van der Waals surface area contributed by atoms with Gasteiger partial charge in [-0.2, -0.15) is 0 Å². The van der Waals surface area contributed by atoms with Gasteiger partial charge >= 0.3 is 5.97 Å². The molecular formula is C8H15NO5S. The largest absolute Gasteiger partial charge is 0.481 e. The zero-order valence-electron chi connectivity index (χ0n) is 8.69. The molecule has 0 bridgehead atoms. The number of hydrogen-bond acceptors (Lipinski definition) is 4. The first-order valence-electron chi connectivity index (χ1n) is 4.43. The van der Waals surface area contributed by atoms with Crippen molar-refractivity contribution in [1.29, 1.82) is 0 Å². The van der Waals surface area contributed by atoms with E-state index in [9.17, 15) is 18.0 Å². The van der Waals surface area contributed by atoms with Crippen LogP contribution in [0.5, 0.6) is 0 Å². The van der Waals surface area contributed by atoms with Crippen LogP contribution in [0.25, 0.3) is 0 Å². The number of carboxylic acids is 1. The van der Waals surface area contributed by atoms with Crippen LogP contribution in [0.15, 0.2) is 0 Å². The second-order valence-electron chi connectivity index (χ2n) is 3.20. The highest BCUT2D eigenvalue weighted by Crippen LogP contribution is 2.07. The van der Waals surface area contributed by atoms with E-state index in [0.717, 1.165) is 0 Å². The fourth-order valence-electron chi connectivity index (χ4n) is 0.934. The molecule has 88 valence electrons. The van der Waals surface area contributed by atoms with Crippen molar-refractivity contribution in [2.24, 2.45) is 0 Å². The number of carbonyl (C=O) groups is 2. The molecule has 0 aromatic carbocycles. The zero-order valence-corrected chi connectivity index (χ0v) is 9.50. The van der Waals surface area contributed by atoms with Crippen molar-refractivity contribution in [2.75, 3.05) is 12.8 Å². The average molecular weight is 237 g/mol. The Hall–Kier alpha value is -1.11. The van der Waals surface area contributed by atoms with Gasteiger partial charge in [-0.25, -0.2) is 8.42 Å². The molecule has 0 aromatic rings. The highest BCUT2D eigenvalue weighted by atomic mass is 32.2. The van der Waals surface area contributed by atoms with E-state index in [1.54, 1.807) is 0 Å². The molecule has 0 heterocycles. The Labute approximate surface area is 88.6 Å². The minimum Gasteiger partial charge on any atom is -0.481 e. The molecule has 0 fully saturated rings. The first-order chi connectivity index (χ1) is 6.79. The quantitative estimate of drug-likeness (QED) is 0.642. The molecular weight excluding hydrogens is 222 g/mol. The monoisotopic (exact) mass is 237 g/mol. The Morgan fingerprint density at radius 1 is 1.40 bits per heavy atom. The number of rotatable bonds is 6. The van der Waals surface area contributed by atoms with Gasteiger partial charge in [0.05, 0.1) is 17.4 Å². The van der Waals surface area contributed by atoms with Crippen LogP contribution in [0.3, 0.4) is 0 Å². The Bertz CT molecular complexity index is 335. The Morgan fingerprint density at radius 2 is 1.93 bits per heavy atom. The number of nitrogens with one attached hydrogen (secondary N) is 1. The molecule has 2 N–H and O–H groups in total. The highest BCUT2D eigenvalue weighted by Gasteiger charge is 2.23. The normalized spacial score (nSPS) is 13.2. The molecule has 0 aromatic heterocycles. The Kier molecular flexibility index (Phi) is 5.27. The summed E-state index contributed by atoms with van der Waals surface area (Å²) in [5, 5.41) is 9.77. The number of hydrogen-bond donors (Lipinski definition) is 2. The van der Waals surface area contributed by atoms with Gasteiger partial charge in [0.25, 0.3) is 0 Å². The maximum absolute atomic E-state index is 11.4. The lowest BCUT2D eigenvalue weighted by atomic mass is 10.3. The second-order valence-corrected chi connectivity index (χ2v) is 5.74. The van der Waals surface area contributed by atoms with Gasteiger partial charge < -0.3 is 10.4 Å². The summed E-state index contributed by atoms with van der Waals surface area (Å²) in [7, 11) is -2.09. The minimum atomic E-state index is -3.50. The van der Waals surface area contributed by atoms with Crippen LogP contribution in [0, 0.1) is 0 Å². The first kappa shape index (κ1) is 13.9. The summed E-state index contributed by atoms with van der Waals surface area (Å²) in [6, 6.07) is 0. The molecule has 1 unspecified atom stereocenters. The summed E-state index contributed by atoms with van der Waals surface area (Å²) in [5.74, 6) is -1.85. The molecule has 0 radical (unpaired) electrons. The van der Waals surface area contributed by atoms with Crippen LogP contribution < -0.4 is 5.32 Å². The van der Waals surface area contributed by atoms with Crippen molar-refractivity contribution in [2.45, 2.75) is 25.0 Å². The molecule has 0 aliphatic rings. The fraction of sp³-hybridized carbons (Fsp3) is 0.750. The maximum atomic E-state index is 11.4. The molecule has 0 aliphatic carbocycles. The van der Waals surface area contributed by atoms with Gasteiger partial charge in [-0.15, -0.1) is 0 Å². The summed E-state index contributed by atoms with van der Waals surface area (Å²) in [6.45, 7) is 1.33. The van der Waals surface area contributed by atoms with E-state index in [0.29, 0.717) is 0 Å². The van der Waals surface area contributed by atoms with Crippen molar-refractivity contribution in [3.05, 3.63) is 0 Å². The van der Waals surface area contributed by atoms with E-state index in [4.69, 9.17) is 5.11 Å². The van der Waals surface area contributed by atoms with E-state index >= 15 is 0 Å². The number of carbonyl (C=O) groups excluding carboxylic acids is 1. The van der Waals surface area contributed by atoms with Gasteiger partial charge in [-0.1, -0.05) is 0 Å². The third-order valence-electron chi connectivity index (χ3n) is 1.97. The van der Waals surface area contributed by atoms with Crippen molar-refractivity contribution in [1.82, 2.24) is 5.32 Å². The topological polar surface area (TPSA) is 101 Å².